The third-order valence-corrected chi connectivity index (χ3v) is 4.89. The van der Waals surface area contributed by atoms with Gasteiger partial charge in [0.05, 0.1) is 4.90 Å². The SMILES string of the molecule is C=CCN1CCC(NS(=O)(=O)c2ccccc2)CC1. The molecule has 0 aromatic heterocycles. The lowest BCUT2D eigenvalue weighted by Crippen LogP contribution is -2.44. The van der Waals surface area contributed by atoms with Crippen LogP contribution in [0.4, 0.5) is 0 Å². The molecular formula is C14H20N2O2S. The Hall–Kier alpha value is -1.17. The lowest BCUT2D eigenvalue weighted by atomic mass is 10.1. The molecule has 0 unspecified atom stereocenters. The van der Waals surface area contributed by atoms with Crippen molar-refractivity contribution in [2.75, 3.05) is 19.6 Å². The molecule has 1 aromatic rings. The lowest BCUT2D eigenvalue weighted by molar-refractivity contribution is 0.226. The van der Waals surface area contributed by atoms with Gasteiger partial charge in [0, 0.05) is 12.6 Å². The molecule has 0 saturated carbocycles. The van der Waals surface area contributed by atoms with Crippen molar-refractivity contribution in [2.45, 2.75) is 23.8 Å². The highest BCUT2D eigenvalue weighted by Gasteiger charge is 2.23. The van der Waals surface area contributed by atoms with E-state index in [2.05, 4.69) is 16.2 Å². The van der Waals surface area contributed by atoms with Crippen LogP contribution in [-0.4, -0.2) is 39.0 Å². The summed E-state index contributed by atoms with van der Waals surface area (Å²) in [6.07, 6.45) is 3.58. The van der Waals surface area contributed by atoms with Gasteiger partial charge < -0.3 is 0 Å². The Morgan fingerprint density at radius 2 is 1.89 bits per heavy atom. The molecule has 0 atom stereocenters. The van der Waals surface area contributed by atoms with Crippen molar-refractivity contribution >= 4 is 10.0 Å². The highest BCUT2D eigenvalue weighted by Crippen LogP contribution is 2.14. The van der Waals surface area contributed by atoms with E-state index in [1.165, 1.54) is 0 Å². The number of nitrogens with zero attached hydrogens (tertiary/aromatic N) is 1. The molecular weight excluding hydrogens is 260 g/mol. The standard InChI is InChI=1S/C14H20N2O2S/c1-2-10-16-11-8-13(9-12-16)15-19(17,18)14-6-4-3-5-7-14/h2-7,13,15H,1,8-12H2. The Bertz CT molecular complexity index is 506. The van der Waals surface area contributed by atoms with E-state index in [9.17, 15) is 8.42 Å². The fourth-order valence-electron chi connectivity index (χ4n) is 2.30. The van der Waals surface area contributed by atoms with Crippen LogP contribution >= 0.6 is 0 Å². The fraction of sp³-hybridized carbons (Fsp3) is 0.429. The van der Waals surface area contributed by atoms with Gasteiger partial charge in [-0.15, -0.1) is 6.58 Å². The first-order valence-electron chi connectivity index (χ1n) is 6.52. The second-order valence-electron chi connectivity index (χ2n) is 4.80. The normalized spacial score (nSPS) is 18.3. The maximum atomic E-state index is 12.2. The summed E-state index contributed by atoms with van der Waals surface area (Å²) in [5.74, 6) is 0. The first-order valence-corrected chi connectivity index (χ1v) is 8.01. The van der Waals surface area contributed by atoms with E-state index in [0.717, 1.165) is 32.5 Å². The van der Waals surface area contributed by atoms with Crippen LogP contribution in [0.1, 0.15) is 12.8 Å². The molecule has 1 aromatic carbocycles. The molecule has 1 N–H and O–H groups in total. The van der Waals surface area contributed by atoms with Crippen molar-refractivity contribution in [3.05, 3.63) is 43.0 Å². The average Bonchev–Trinajstić information content (AvgIpc) is 2.42. The van der Waals surface area contributed by atoms with Gasteiger partial charge in [0.2, 0.25) is 10.0 Å². The number of hydrogen-bond donors (Lipinski definition) is 1. The van der Waals surface area contributed by atoms with Gasteiger partial charge in [-0.2, -0.15) is 0 Å². The topological polar surface area (TPSA) is 49.4 Å². The molecule has 0 amide bonds. The molecule has 104 valence electrons. The largest absolute Gasteiger partial charge is 0.300 e. The second kappa shape index (κ2) is 6.32. The van der Waals surface area contributed by atoms with Gasteiger partial charge in [-0.25, -0.2) is 13.1 Å². The van der Waals surface area contributed by atoms with Gasteiger partial charge in [-0.05, 0) is 38.1 Å². The summed E-state index contributed by atoms with van der Waals surface area (Å²) in [6.45, 7) is 6.41. The first-order chi connectivity index (χ1) is 9.12. The van der Waals surface area contributed by atoms with Crippen molar-refractivity contribution in [1.82, 2.24) is 9.62 Å². The van der Waals surface area contributed by atoms with E-state index in [1.807, 2.05) is 12.1 Å². The summed E-state index contributed by atoms with van der Waals surface area (Å²) < 4.78 is 27.1. The highest BCUT2D eigenvalue weighted by molar-refractivity contribution is 7.89. The van der Waals surface area contributed by atoms with E-state index < -0.39 is 10.0 Å². The Labute approximate surface area is 115 Å². The number of benzene rings is 1. The van der Waals surface area contributed by atoms with Crippen LogP contribution in [-0.2, 0) is 10.0 Å². The smallest absolute Gasteiger partial charge is 0.240 e. The van der Waals surface area contributed by atoms with Gasteiger partial charge in [0.1, 0.15) is 0 Å². The Kier molecular flexibility index (Phi) is 4.74. The van der Waals surface area contributed by atoms with Gasteiger partial charge >= 0.3 is 0 Å². The molecule has 5 heteroatoms. The Balaban J connectivity index is 1.94. The number of likely N-dealkylation sites (tertiary alicyclic amines) is 1. The number of rotatable bonds is 5. The zero-order valence-electron chi connectivity index (χ0n) is 11.0. The zero-order chi connectivity index (χ0) is 13.7. The molecule has 0 spiro atoms. The molecule has 0 bridgehead atoms. The quantitative estimate of drug-likeness (QED) is 0.834. The van der Waals surface area contributed by atoms with E-state index in [4.69, 9.17) is 0 Å². The molecule has 1 saturated heterocycles. The number of hydrogen-bond acceptors (Lipinski definition) is 3. The molecule has 1 aliphatic rings. The van der Waals surface area contributed by atoms with Gasteiger partial charge in [-0.3, -0.25) is 4.90 Å². The predicted molar refractivity (Wildman–Crippen MR) is 76.4 cm³/mol. The molecule has 0 aliphatic carbocycles. The molecule has 2 rings (SSSR count). The minimum absolute atomic E-state index is 0.0336. The summed E-state index contributed by atoms with van der Waals surface area (Å²) in [4.78, 5) is 2.61. The summed E-state index contributed by atoms with van der Waals surface area (Å²) >= 11 is 0. The van der Waals surface area contributed by atoms with Crippen LogP contribution in [0.25, 0.3) is 0 Å². The van der Waals surface area contributed by atoms with Crippen molar-refractivity contribution < 1.29 is 8.42 Å². The zero-order valence-corrected chi connectivity index (χ0v) is 11.8. The Morgan fingerprint density at radius 3 is 2.47 bits per heavy atom. The maximum Gasteiger partial charge on any atom is 0.240 e. The number of nitrogens with one attached hydrogen (secondary N) is 1. The predicted octanol–water partition coefficient (Wildman–Crippen LogP) is 1.62. The third-order valence-electron chi connectivity index (χ3n) is 3.35. The summed E-state index contributed by atoms with van der Waals surface area (Å²) in [5.41, 5.74) is 0. The minimum atomic E-state index is -3.38. The van der Waals surface area contributed by atoms with E-state index in [0.29, 0.717) is 4.90 Å². The van der Waals surface area contributed by atoms with Gasteiger partial charge in [0.15, 0.2) is 0 Å². The number of sulfonamides is 1. The van der Waals surface area contributed by atoms with Crippen molar-refractivity contribution in [3.8, 4) is 0 Å². The third kappa shape index (κ3) is 3.89. The summed E-state index contributed by atoms with van der Waals surface area (Å²) in [7, 11) is -3.38. The molecule has 19 heavy (non-hydrogen) atoms. The molecule has 1 aliphatic heterocycles. The van der Waals surface area contributed by atoms with Crippen LogP contribution in [0.2, 0.25) is 0 Å². The van der Waals surface area contributed by atoms with E-state index in [1.54, 1.807) is 24.3 Å². The van der Waals surface area contributed by atoms with Crippen LogP contribution < -0.4 is 4.72 Å². The monoisotopic (exact) mass is 280 g/mol. The average molecular weight is 280 g/mol. The van der Waals surface area contributed by atoms with Crippen molar-refractivity contribution in [3.63, 3.8) is 0 Å². The molecule has 1 fully saturated rings. The molecule has 4 nitrogen and oxygen atoms in total. The van der Waals surface area contributed by atoms with Crippen LogP contribution in [0, 0.1) is 0 Å². The minimum Gasteiger partial charge on any atom is -0.300 e. The second-order valence-corrected chi connectivity index (χ2v) is 6.51. The van der Waals surface area contributed by atoms with Gasteiger partial charge in [-0.1, -0.05) is 24.3 Å². The van der Waals surface area contributed by atoms with Crippen LogP contribution in [0.15, 0.2) is 47.9 Å². The maximum absolute atomic E-state index is 12.2. The lowest BCUT2D eigenvalue weighted by Gasteiger charge is -2.31. The van der Waals surface area contributed by atoms with Crippen molar-refractivity contribution in [2.24, 2.45) is 0 Å². The number of piperidine rings is 1. The van der Waals surface area contributed by atoms with E-state index in [-0.39, 0.29) is 6.04 Å². The van der Waals surface area contributed by atoms with Crippen LogP contribution in [0.3, 0.4) is 0 Å². The summed E-state index contributed by atoms with van der Waals surface area (Å²) in [5, 5.41) is 0. The van der Waals surface area contributed by atoms with Crippen LogP contribution in [0.5, 0.6) is 0 Å². The molecule has 0 radical (unpaired) electrons. The Morgan fingerprint density at radius 1 is 1.26 bits per heavy atom. The van der Waals surface area contributed by atoms with Crippen molar-refractivity contribution in [1.29, 1.82) is 0 Å². The molecule has 1 heterocycles. The summed E-state index contributed by atoms with van der Waals surface area (Å²) in [6, 6.07) is 8.56. The fourth-order valence-corrected chi connectivity index (χ4v) is 3.63. The van der Waals surface area contributed by atoms with Gasteiger partial charge in [0.25, 0.3) is 0 Å². The van der Waals surface area contributed by atoms with E-state index >= 15 is 0 Å². The highest BCUT2D eigenvalue weighted by atomic mass is 32.2. The first kappa shape index (κ1) is 14.2.